The zero-order chi connectivity index (χ0) is 15.2. The van der Waals surface area contributed by atoms with Gasteiger partial charge in [-0.05, 0) is 62.5 Å². The second kappa shape index (κ2) is 7.46. The van der Waals surface area contributed by atoms with Gasteiger partial charge in [-0.2, -0.15) is 0 Å². The number of benzene rings is 1. The minimum absolute atomic E-state index is 0.0811. The quantitative estimate of drug-likeness (QED) is 0.874. The van der Waals surface area contributed by atoms with Crippen molar-refractivity contribution in [3.8, 4) is 5.75 Å². The maximum absolute atomic E-state index is 12.0. The van der Waals surface area contributed by atoms with Crippen LogP contribution in [0.25, 0.3) is 0 Å². The molecule has 1 aromatic rings. The third-order valence-corrected chi connectivity index (χ3v) is 4.21. The Morgan fingerprint density at radius 2 is 2.19 bits per heavy atom. The summed E-state index contributed by atoms with van der Waals surface area (Å²) in [5, 5.41) is 6.45. The Kier molecular flexibility index (Phi) is 5.62. The van der Waals surface area contributed by atoms with Gasteiger partial charge in [-0.15, -0.1) is 0 Å². The van der Waals surface area contributed by atoms with E-state index in [0.717, 1.165) is 25.3 Å². The Balaban J connectivity index is 1.72. The van der Waals surface area contributed by atoms with E-state index in [0.29, 0.717) is 25.0 Å². The van der Waals surface area contributed by atoms with E-state index in [1.165, 1.54) is 11.1 Å². The predicted octanol–water partition coefficient (Wildman–Crippen LogP) is 2.19. The molecule has 4 heteroatoms. The fourth-order valence-electron chi connectivity index (χ4n) is 2.57. The number of hydrogen-bond donors (Lipinski definition) is 2. The summed E-state index contributed by atoms with van der Waals surface area (Å²) in [6.45, 7) is 8.69. The first-order valence-electron chi connectivity index (χ1n) is 7.76. The van der Waals surface area contributed by atoms with Crippen LogP contribution in [0.2, 0.25) is 0 Å². The van der Waals surface area contributed by atoms with Crippen LogP contribution in [0.3, 0.4) is 0 Å². The molecule has 0 bridgehead atoms. The van der Waals surface area contributed by atoms with E-state index in [-0.39, 0.29) is 5.91 Å². The summed E-state index contributed by atoms with van der Waals surface area (Å²) in [7, 11) is 0. The molecule has 1 aliphatic heterocycles. The molecule has 1 heterocycles. The van der Waals surface area contributed by atoms with Crippen LogP contribution in [-0.2, 0) is 4.79 Å². The normalized spacial score (nSPS) is 21.9. The zero-order valence-corrected chi connectivity index (χ0v) is 13.2. The third kappa shape index (κ3) is 4.74. The molecule has 1 aliphatic rings. The number of rotatable bonds is 5. The second-order valence-electron chi connectivity index (χ2n) is 5.99. The summed E-state index contributed by atoms with van der Waals surface area (Å²) in [4.78, 5) is 12.0. The molecule has 1 aromatic carbocycles. The summed E-state index contributed by atoms with van der Waals surface area (Å²) >= 11 is 0. The lowest BCUT2D eigenvalue weighted by Gasteiger charge is -2.30. The smallest absolute Gasteiger partial charge is 0.223 e. The molecule has 1 saturated heterocycles. The maximum Gasteiger partial charge on any atom is 0.223 e. The van der Waals surface area contributed by atoms with Crippen molar-refractivity contribution < 1.29 is 9.53 Å². The van der Waals surface area contributed by atoms with Gasteiger partial charge < -0.3 is 15.4 Å². The van der Waals surface area contributed by atoms with Gasteiger partial charge in [0.15, 0.2) is 0 Å². The lowest BCUT2D eigenvalue weighted by molar-refractivity contribution is -0.122. The number of amides is 1. The van der Waals surface area contributed by atoms with Gasteiger partial charge in [-0.1, -0.05) is 13.0 Å². The molecule has 2 atom stereocenters. The molecule has 21 heavy (non-hydrogen) atoms. The Morgan fingerprint density at radius 1 is 1.38 bits per heavy atom. The van der Waals surface area contributed by atoms with Crippen molar-refractivity contribution in [2.45, 2.75) is 39.7 Å². The van der Waals surface area contributed by atoms with Gasteiger partial charge >= 0.3 is 0 Å². The minimum Gasteiger partial charge on any atom is -0.493 e. The third-order valence-electron chi connectivity index (χ3n) is 4.21. The van der Waals surface area contributed by atoms with Crippen molar-refractivity contribution in [1.82, 2.24) is 10.6 Å². The van der Waals surface area contributed by atoms with Gasteiger partial charge in [0.1, 0.15) is 5.75 Å². The maximum atomic E-state index is 12.0. The van der Waals surface area contributed by atoms with E-state index in [1.807, 2.05) is 18.2 Å². The molecule has 1 fully saturated rings. The number of hydrogen-bond acceptors (Lipinski definition) is 3. The van der Waals surface area contributed by atoms with Crippen LogP contribution in [0.1, 0.15) is 30.9 Å². The Morgan fingerprint density at radius 3 is 2.90 bits per heavy atom. The van der Waals surface area contributed by atoms with Crippen LogP contribution in [-0.4, -0.2) is 31.6 Å². The lowest BCUT2D eigenvalue weighted by atomic mass is 9.95. The average molecular weight is 290 g/mol. The lowest BCUT2D eigenvalue weighted by Crippen LogP contribution is -2.48. The molecule has 2 unspecified atom stereocenters. The van der Waals surface area contributed by atoms with Gasteiger partial charge in [-0.3, -0.25) is 4.79 Å². The number of piperidine rings is 1. The predicted molar refractivity (Wildman–Crippen MR) is 84.6 cm³/mol. The molecule has 0 aromatic heterocycles. The van der Waals surface area contributed by atoms with Crippen LogP contribution in [0.15, 0.2) is 18.2 Å². The molecule has 0 spiro atoms. The second-order valence-corrected chi connectivity index (χ2v) is 5.99. The standard InChI is InChI=1S/C17H26N2O2/c1-12-4-5-15(10-13(12)2)21-9-7-17(20)19-16-6-8-18-11-14(16)3/h4-5,10,14,16,18H,6-9,11H2,1-3H3,(H,19,20). The van der Waals surface area contributed by atoms with E-state index in [2.05, 4.69) is 31.4 Å². The van der Waals surface area contributed by atoms with Crippen LogP contribution in [0, 0.1) is 19.8 Å². The van der Waals surface area contributed by atoms with E-state index in [9.17, 15) is 4.79 Å². The van der Waals surface area contributed by atoms with Crippen LogP contribution in [0.5, 0.6) is 5.75 Å². The Bertz CT molecular complexity index is 488. The van der Waals surface area contributed by atoms with Crippen molar-refractivity contribution >= 4 is 5.91 Å². The first-order valence-corrected chi connectivity index (χ1v) is 7.76. The van der Waals surface area contributed by atoms with Crippen molar-refractivity contribution in [3.05, 3.63) is 29.3 Å². The Hall–Kier alpha value is -1.55. The van der Waals surface area contributed by atoms with Gasteiger partial charge in [0.2, 0.25) is 5.91 Å². The first kappa shape index (κ1) is 15.8. The van der Waals surface area contributed by atoms with Crippen LogP contribution >= 0.6 is 0 Å². The summed E-state index contributed by atoms with van der Waals surface area (Å²) in [6.07, 6.45) is 1.41. The summed E-state index contributed by atoms with van der Waals surface area (Å²) in [5.74, 6) is 1.40. The molecule has 2 rings (SSSR count). The molecular formula is C17H26N2O2. The van der Waals surface area contributed by atoms with Gasteiger partial charge in [-0.25, -0.2) is 0 Å². The van der Waals surface area contributed by atoms with Crippen molar-refractivity contribution in [2.24, 2.45) is 5.92 Å². The SMILES string of the molecule is Cc1ccc(OCCC(=O)NC2CCNCC2C)cc1C. The van der Waals surface area contributed by atoms with Crippen molar-refractivity contribution in [3.63, 3.8) is 0 Å². The molecule has 0 radical (unpaired) electrons. The number of nitrogens with one attached hydrogen (secondary N) is 2. The van der Waals surface area contributed by atoms with E-state index < -0.39 is 0 Å². The average Bonchev–Trinajstić information content (AvgIpc) is 2.45. The van der Waals surface area contributed by atoms with E-state index in [4.69, 9.17) is 4.74 Å². The van der Waals surface area contributed by atoms with E-state index in [1.54, 1.807) is 0 Å². The summed E-state index contributed by atoms with van der Waals surface area (Å²) in [5.41, 5.74) is 2.46. The largest absolute Gasteiger partial charge is 0.493 e. The fourth-order valence-corrected chi connectivity index (χ4v) is 2.57. The highest BCUT2D eigenvalue weighted by atomic mass is 16.5. The highest BCUT2D eigenvalue weighted by molar-refractivity contribution is 5.76. The molecule has 4 nitrogen and oxygen atoms in total. The first-order chi connectivity index (χ1) is 10.1. The Labute approximate surface area is 127 Å². The molecule has 0 aliphatic carbocycles. The molecule has 0 saturated carbocycles. The highest BCUT2D eigenvalue weighted by Gasteiger charge is 2.22. The topological polar surface area (TPSA) is 50.4 Å². The number of ether oxygens (including phenoxy) is 1. The molecule has 116 valence electrons. The number of carbonyl (C=O) groups excluding carboxylic acids is 1. The van der Waals surface area contributed by atoms with Crippen molar-refractivity contribution in [1.29, 1.82) is 0 Å². The van der Waals surface area contributed by atoms with E-state index >= 15 is 0 Å². The molecule has 2 N–H and O–H groups in total. The van der Waals surface area contributed by atoms with Crippen LogP contribution < -0.4 is 15.4 Å². The van der Waals surface area contributed by atoms with Crippen molar-refractivity contribution in [2.75, 3.05) is 19.7 Å². The van der Waals surface area contributed by atoms with Crippen LogP contribution in [0.4, 0.5) is 0 Å². The minimum atomic E-state index is 0.0811. The highest BCUT2D eigenvalue weighted by Crippen LogP contribution is 2.16. The number of carbonyl (C=O) groups is 1. The molecular weight excluding hydrogens is 264 g/mol. The van der Waals surface area contributed by atoms with Gasteiger partial charge in [0.05, 0.1) is 13.0 Å². The monoisotopic (exact) mass is 290 g/mol. The zero-order valence-electron chi connectivity index (χ0n) is 13.2. The van der Waals surface area contributed by atoms with Gasteiger partial charge in [0, 0.05) is 6.04 Å². The molecule has 1 amide bonds. The summed E-state index contributed by atoms with van der Waals surface area (Å²) < 4.78 is 5.66. The van der Waals surface area contributed by atoms with Gasteiger partial charge in [0.25, 0.3) is 0 Å². The fraction of sp³-hybridized carbons (Fsp3) is 0.588. The summed E-state index contributed by atoms with van der Waals surface area (Å²) in [6, 6.07) is 6.30. The number of aryl methyl sites for hydroxylation is 2.